The molecule has 0 bridgehead atoms. The maximum atomic E-state index is 6.37. The Hall–Kier alpha value is -1.52. The van der Waals surface area contributed by atoms with Crippen LogP contribution in [0.15, 0.2) is 24.4 Å². The van der Waals surface area contributed by atoms with Crippen LogP contribution in [-0.2, 0) is 13.6 Å². The normalized spacial score (nSPS) is 13.0. The maximum absolute atomic E-state index is 6.37. The molecule has 1 atom stereocenters. The number of halogens is 2. The van der Waals surface area contributed by atoms with Gasteiger partial charge in [0.2, 0.25) is 0 Å². The molecule has 0 saturated heterocycles. The van der Waals surface area contributed by atoms with Crippen LogP contribution in [0.5, 0.6) is 0 Å². The quantitative estimate of drug-likeness (QED) is 0.681. The van der Waals surface area contributed by atoms with Gasteiger partial charge >= 0.3 is 0 Å². The van der Waals surface area contributed by atoms with Crippen molar-refractivity contribution in [3.05, 3.63) is 46.5 Å². The van der Waals surface area contributed by atoms with E-state index in [4.69, 9.17) is 23.2 Å². The number of aromatic nitrogens is 4. The molecule has 0 aliphatic heterocycles. The topological polar surface area (TPSA) is 35.6 Å². The van der Waals surface area contributed by atoms with Crippen molar-refractivity contribution >= 4 is 34.2 Å². The summed E-state index contributed by atoms with van der Waals surface area (Å²) in [6.45, 7) is 4.58. The molecule has 3 rings (SSSR count). The van der Waals surface area contributed by atoms with Gasteiger partial charge in [-0.15, -0.1) is 11.6 Å². The van der Waals surface area contributed by atoms with Crippen LogP contribution in [0.2, 0.25) is 5.02 Å². The Kier molecular flexibility index (Phi) is 3.68. The molecule has 2 aromatic heterocycles. The highest BCUT2D eigenvalue weighted by Crippen LogP contribution is 2.30. The van der Waals surface area contributed by atoms with Crippen molar-refractivity contribution in [3.63, 3.8) is 0 Å². The van der Waals surface area contributed by atoms with Gasteiger partial charge in [0.05, 0.1) is 33.7 Å². The molecule has 0 saturated carbocycles. The average molecular weight is 323 g/mol. The Labute approximate surface area is 133 Å². The molecule has 0 N–H and O–H groups in total. The number of alkyl halides is 1. The lowest BCUT2D eigenvalue weighted by Crippen LogP contribution is -2.06. The Balaban J connectivity index is 2.19. The fourth-order valence-electron chi connectivity index (χ4n) is 2.60. The summed E-state index contributed by atoms with van der Waals surface area (Å²) < 4.78 is 3.90. The fraction of sp³-hybridized carbons (Fsp3) is 0.333. The maximum Gasteiger partial charge on any atom is 0.128 e. The van der Waals surface area contributed by atoms with Gasteiger partial charge in [0, 0.05) is 18.8 Å². The summed E-state index contributed by atoms with van der Waals surface area (Å²) in [4.78, 5) is 4.63. The summed E-state index contributed by atoms with van der Waals surface area (Å²) in [7, 11) is 1.92. The van der Waals surface area contributed by atoms with Crippen LogP contribution in [0.1, 0.15) is 29.4 Å². The smallest absolute Gasteiger partial charge is 0.128 e. The molecule has 0 spiro atoms. The lowest BCUT2D eigenvalue weighted by molar-refractivity contribution is 0.738. The minimum atomic E-state index is -0.189. The zero-order chi connectivity index (χ0) is 15.1. The molecule has 0 radical (unpaired) electrons. The molecule has 21 heavy (non-hydrogen) atoms. The second-order valence-electron chi connectivity index (χ2n) is 5.19. The van der Waals surface area contributed by atoms with Gasteiger partial charge in [-0.25, -0.2) is 4.98 Å². The van der Waals surface area contributed by atoms with E-state index in [1.54, 1.807) is 0 Å². The van der Waals surface area contributed by atoms with Crippen molar-refractivity contribution in [2.24, 2.45) is 7.05 Å². The molecular weight excluding hydrogens is 307 g/mol. The molecule has 6 heteroatoms. The fourth-order valence-corrected chi connectivity index (χ4v) is 3.04. The molecule has 4 nitrogen and oxygen atoms in total. The van der Waals surface area contributed by atoms with Crippen LogP contribution in [0, 0.1) is 6.92 Å². The van der Waals surface area contributed by atoms with Gasteiger partial charge in [-0.05, 0) is 26.0 Å². The predicted octanol–water partition coefficient (Wildman–Crippen LogP) is 4.08. The standard InChI is InChI=1S/C15H16Cl2N4/c1-9(16)15-18-13-6-4-5-12(17)14(13)21(15)8-11-7-20(3)19-10(11)2/h4-7,9H,8H2,1-3H3. The highest BCUT2D eigenvalue weighted by molar-refractivity contribution is 6.35. The largest absolute Gasteiger partial charge is 0.321 e. The minimum absolute atomic E-state index is 0.189. The van der Waals surface area contributed by atoms with E-state index < -0.39 is 0 Å². The van der Waals surface area contributed by atoms with Gasteiger partial charge in [0.1, 0.15) is 5.82 Å². The number of imidazole rings is 1. The number of benzene rings is 1. The number of nitrogens with zero attached hydrogens (tertiary/aromatic N) is 4. The molecular formula is C15H16Cl2N4. The van der Waals surface area contributed by atoms with Crippen LogP contribution >= 0.6 is 23.2 Å². The number of aryl methyl sites for hydroxylation is 2. The van der Waals surface area contributed by atoms with E-state index in [1.807, 2.05) is 50.0 Å². The number of hydrogen-bond acceptors (Lipinski definition) is 2. The molecule has 2 heterocycles. The van der Waals surface area contributed by atoms with Crippen molar-refractivity contribution < 1.29 is 0 Å². The van der Waals surface area contributed by atoms with Gasteiger partial charge < -0.3 is 4.57 Å². The van der Waals surface area contributed by atoms with E-state index in [9.17, 15) is 0 Å². The number of para-hydroxylation sites is 1. The zero-order valence-corrected chi connectivity index (χ0v) is 13.7. The summed E-state index contributed by atoms with van der Waals surface area (Å²) in [5.74, 6) is 0.822. The van der Waals surface area contributed by atoms with Gasteiger partial charge in [-0.3, -0.25) is 4.68 Å². The SMILES string of the molecule is Cc1nn(C)cc1Cn1c(C(C)Cl)nc2cccc(Cl)c21. The van der Waals surface area contributed by atoms with Crippen LogP contribution in [0.25, 0.3) is 11.0 Å². The lowest BCUT2D eigenvalue weighted by atomic mass is 10.2. The van der Waals surface area contributed by atoms with E-state index in [2.05, 4.69) is 14.6 Å². The van der Waals surface area contributed by atoms with Crippen molar-refractivity contribution in [2.45, 2.75) is 25.8 Å². The number of hydrogen-bond donors (Lipinski definition) is 0. The molecule has 0 aliphatic carbocycles. The predicted molar refractivity (Wildman–Crippen MR) is 86.1 cm³/mol. The summed E-state index contributed by atoms with van der Waals surface area (Å²) in [6, 6.07) is 5.73. The molecule has 0 aliphatic rings. The third kappa shape index (κ3) is 2.54. The van der Waals surface area contributed by atoms with Crippen molar-refractivity contribution in [1.29, 1.82) is 0 Å². The second kappa shape index (κ2) is 5.35. The molecule has 110 valence electrons. The Morgan fingerprint density at radius 3 is 2.71 bits per heavy atom. The first-order chi connectivity index (χ1) is 9.97. The third-order valence-corrected chi connectivity index (χ3v) is 4.05. The van der Waals surface area contributed by atoms with Gasteiger partial charge in [0.15, 0.2) is 0 Å². The Morgan fingerprint density at radius 2 is 2.10 bits per heavy atom. The summed E-state index contributed by atoms with van der Waals surface area (Å²) in [6.07, 6.45) is 2.01. The van der Waals surface area contributed by atoms with Gasteiger partial charge in [-0.2, -0.15) is 5.10 Å². The molecule has 0 fully saturated rings. The van der Waals surface area contributed by atoms with Crippen LogP contribution < -0.4 is 0 Å². The summed E-state index contributed by atoms with van der Waals surface area (Å²) in [5, 5.41) is 4.88. The second-order valence-corrected chi connectivity index (χ2v) is 6.25. The number of fused-ring (bicyclic) bond motifs is 1. The van der Waals surface area contributed by atoms with Crippen LogP contribution in [-0.4, -0.2) is 19.3 Å². The Bertz CT molecular complexity index is 801. The highest BCUT2D eigenvalue weighted by atomic mass is 35.5. The van der Waals surface area contributed by atoms with E-state index >= 15 is 0 Å². The molecule has 1 aromatic carbocycles. The highest BCUT2D eigenvalue weighted by Gasteiger charge is 2.18. The van der Waals surface area contributed by atoms with Crippen molar-refractivity contribution in [3.8, 4) is 0 Å². The van der Waals surface area contributed by atoms with Crippen LogP contribution in [0.3, 0.4) is 0 Å². The summed E-state index contributed by atoms with van der Waals surface area (Å²) >= 11 is 12.7. The molecule has 1 unspecified atom stereocenters. The monoisotopic (exact) mass is 322 g/mol. The first-order valence-corrected chi connectivity index (χ1v) is 7.56. The summed E-state index contributed by atoms with van der Waals surface area (Å²) in [5.41, 5.74) is 3.92. The van der Waals surface area contributed by atoms with Gasteiger partial charge in [-0.1, -0.05) is 17.7 Å². The average Bonchev–Trinajstić information content (AvgIpc) is 2.92. The number of rotatable bonds is 3. The minimum Gasteiger partial charge on any atom is -0.321 e. The molecule has 0 amide bonds. The van der Waals surface area contributed by atoms with Gasteiger partial charge in [0.25, 0.3) is 0 Å². The Morgan fingerprint density at radius 1 is 1.33 bits per heavy atom. The van der Waals surface area contributed by atoms with E-state index in [0.29, 0.717) is 11.6 Å². The van der Waals surface area contributed by atoms with Crippen molar-refractivity contribution in [1.82, 2.24) is 19.3 Å². The first kappa shape index (κ1) is 14.4. The van der Waals surface area contributed by atoms with Crippen molar-refractivity contribution in [2.75, 3.05) is 0 Å². The molecule has 3 aromatic rings. The third-order valence-electron chi connectivity index (χ3n) is 3.55. The van der Waals surface area contributed by atoms with E-state index in [-0.39, 0.29) is 5.38 Å². The zero-order valence-electron chi connectivity index (χ0n) is 12.1. The first-order valence-electron chi connectivity index (χ1n) is 6.75. The van der Waals surface area contributed by atoms with E-state index in [0.717, 1.165) is 28.1 Å². The van der Waals surface area contributed by atoms with E-state index in [1.165, 1.54) is 0 Å². The lowest BCUT2D eigenvalue weighted by Gasteiger charge is -2.10. The van der Waals surface area contributed by atoms with Crippen LogP contribution in [0.4, 0.5) is 0 Å².